The number of carbonyl (C=O) groups is 1. The molecule has 0 saturated heterocycles. The third kappa shape index (κ3) is 2.81. The second kappa shape index (κ2) is 6.22. The average molecular weight is 395 g/mol. The first kappa shape index (κ1) is 18.3. The van der Waals surface area contributed by atoms with E-state index in [0.717, 1.165) is 9.13 Å². The van der Waals surface area contributed by atoms with E-state index in [9.17, 15) is 14.4 Å². The van der Waals surface area contributed by atoms with E-state index in [4.69, 9.17) is 11.5 Å². The Morgan fingerprint density at radius 2 is 1.79 bits per heavy atom. The summed E-state index contributed by atoms with van der Waals surface area (Å²) in [6.45, 7) is 0.930. The van der Waals surface area contributed by atoms with Crippen LogP contribution >= 0.6 is 0 Å². The van der Waals surface area contributed by atoms with Crippen molar-refractivity contribution in [1.29, 1.82) is 0 Å². The van der Waals surface area contributed by atoms with Crippen molar-refractivity contribution in [3.05, 3.63) is 62.1 Å². The van der Waals surface area contributed by atoms with Gasteiger partial charge in [0.15, 0.2) is 17.1 Å². The van der Waals surface area contributed by atoms with E-state index in [-0.39, 0.29) is 23.7 Å². The monoisotopic (exact) mass is 395 g/mol. The van der Waals surface area contributed by atoms with Crippen molar-refractivity contribution >= 4 is 23.0 Å². The second-order valence-corrected chi connectivity index (χ2v) is 6.56. The number of imidazole rings is 1. The van der Waals surface area contributed by atoms with Crippen LogP contribution in [0.15, 0.2) is 55.2 Å². The zero-order valence-corrected chi connectivity index (χ0v) is 15.6. The number of hydrogen-bond acceptors (Lipinski definition) is 7. The molecule has 2 aromatic heterocycles. The standard InChI is InChI=1S/C17H17N9O3/c1-9(27)26-8-20-13-12(26)14(28)25(16(29)24(13)2)7-17(23-15(18)19)21-10-5-3-4-6-11(10)22-17/h3-6,8H,7H2,1-2H3,(H4,18,19,23). The van der Waals surface area contributed by atoms with Crippen LogP contribution in [0.3, 0.4) is 0 Å². The van der Waals surface area contributed by atoms with Gasteiger partial charge in [-0.15, -0.1) is 0 Å². The number of aromatic nitrogens is 4. The molecule has 12 nitrogen and oxygen atoms in total. The molecule has 0 unspecified atom stereocenters. The molecule has 0 aliphatic carbocycles. The lowest BCUT2D eigenvalue weighted by molar-refractivity contribution is 0.0940. The van der Waals surface area contributed by atoms with Gasteiger partial charge in [0.1, 0.15) is 6.33 Å². The molecule has 0 spiro atoms. The maximum absolute atomic E-state index is 13.1. The fourth-order valence-corrected chi connectivity index (χ4v) is 3.29. The number of hydrogen-bond donors (Lipinski definition) is 2. The summed E-state index contributed by atoms with van der Waals surface area (Å²) in [7, 11) is 1.45. The molecule has 4 N–H and O–H groups in total. The van der Waals surface area contributed by atoms with E-state index >= 15 is 0 Å². The summed E-state index contributed by atoms with van der Waals surface area (Å²) >= 11 is 0. The molecule has 1 aliphatic heterocycles. The summed E-state index contributed by atoms with van der Waals surface area (Å²) in [6, 6.07) is 6.98. The quantitative estimate of drug-likeness (QED) is 0.365. The molecule has 0 radical (unpaired) electrons. The van der Waals surface area contributed by atoms with Crippen molar-refractivity contribution in [2.24, 2.45) is 33.5 Å². The maximum Gasteiger partial charge on any atom is 0.332 e. The van der Waals surface area contributed by atoms with Crippen LogP contribution in [0, 0.1) is 0 Å². The van der Waals surface area contributed by atoms with Crippen LogP contribution in [0.2, 0.25) is 0 Å². The lowest BCUT2D eigenvalue weighted by atomic mass is 10.3. The smallest absolute Gasteiger partial charge is 0.332 e. The Labute approximate surface area is 162 Å². The van der Waals surface area contributed by atoms with Gasteiger partial charge in [-0.1, -0.05) is 12.1 Å². The van der Waals surface area contributed by atoms with E-state index < -0.39 is 22.9 Å². The van der Waals surface area contributed by atoms with Gasteiger partial charge in [0.25, 0.3) is 11.3 Å². The first-order valence-corrected chi connectivity index (χ1v) is 8.56. The van der Waals surface area contributed by atoms with Crippen molar-refractivity contribution in [2.45, 2.75) is 19.3 Å². The molecular formula is C17H17N9O3. The number of carbonyl (C=O) groups excluding carboxylic acids is 1. The van der Waals surface area contributed by atoms with E-state index in [1.54, 1.807) is 24.3 Å². The third-order valence-electron chi connectivity index (χ3n) is 4.53. The highest BCUT2D eigenvalue weighted by molar-refractivity contribution is 5.87. The molecule has 148 valence electrons. The number of rotatable bonds is 3. The second-order valence-electron chi connectivity index (χ2n) is 6.56. The zero-order valence-electron chi connectivity index (χ0n) is 15.6. The van der Waals surface area contributed by atoms with Gasteiger partial charge in [-0.3, -0.25) is 23.3 Å². The Bertz CT molecular complexity index is 1400. The number of guanidine groups is 1. The number of nitrogens with zero attached hydrogens (tertiary/aromatic N) is 7. The van der Waals surface area contributed by atoms with Crippen LogP contribution in [-0.2, 0) is 13.6 Å². The molecule has 0 saturated carbocycles. The number of aliphatic imine (C=N–C) groups is 1. The van der Waals surface area contributed by atoms with Crippen molar-refractivity contribution in [3.8, 4) is 0 Å². The van der Waals surface area contributed by atoms with Crippen molar-refractivity contribution in [1.82, 2.24) is 18.7 Å². The SMILES string of the molecule is CC(=O)n1cnc2c1c(=O)n(CC1(N=C(N)N)N=c3ccccc3=N1)c(=O)n2C. The number of benzene rings is 1. The lowest BCUT2D eigenvalue weighted by Crippen LogP contribution is -2.45. The summed E-state index contributed by atoms with van der Waals surface area (Å²) in [5, 5.41) is 1.05. The van der Waals surface area contributed by atoms with Crippen molar-refractivity contribution in [3.63, 3.8) is 0 Å². The van der Waals surface area contributed by atoms with Gasteiger partial charge >= 0.3 is 5.69 Å². The van der Waals surface area contributed by atoms with E-state index in [1.165, 1.54) is 24.9 Å². The first-order valence-electron chi connectivity index (χ1n) is 8.56. The molecule has 1 aliphatic rings. The van der Waals surface area contributed by atoms with Crippen molar-refractivity contribution in [2.75, 3.05) is 0 Å². The van der Waals surface area contributed by atoms with E-state index in [1.807, 2.05) is 0 Å². The number of para-hydroxylation sites is 2. The Kier molecular flexibility index (Phi) is 3.92. The molecular weight excluding hydrogens is 378 g/mol. The summed E-state index contributed by atoms with van der Waals surface area (Å²) in [4.78, 5) is 54.9. The first-order chi connectivity index (χ1) is 13.7. The lowest BCUT2D eigenvalue weighted by Gasteiger charge is -2.20. The Hall–Kier alpha value is -4.09. The average Bonchev–Trinajstić information content (AvgIpc) is 3.24. The third-order valence-corrected chi connectivity index (χ3v) is 4.53. The van der Waals surface area contributed by atoms with Crippen LogP contribution in [0.1, 0.15) is 11.7 Å². The molecule has 29 heavy (non-hydrogen) atoms. The molecule has 3 heterocycles. The van der Waals surface area contributed by atoms with Gasteiger partial charge in [-0.25, -0.2) is 19.8 Å². The summed E-state index contributed by atoms with van der Waals surface area (Å²) in [6.07, 6.45) is 1.20. The molecule has 12 heteroatoms. The zero-order chi connectivity index (χ0) is 20.9. The van der Waals surface area contributed by atoms with E-state index in [0.29, 0.717) is 10.7 Å². The van der Waals surface area contributed by atoms with E-state index in [2.05, 4.69) is 20.0 Å². The Balaban J connectivity index is 2.00. The van der Waals surface area contributed by atoms with Crippen LogP contribution in [0.5, 0.6) is 0 Å². The highest BCUT2D eigenvalue weighted by Crippen LogP contribution is 2.18. The predicted octanol–water partition coefficient (Wildman–Crippen LogP) is -2.56. The molecule has 4 rings (SSSR count). The highest BCUT2D eigenvalue weighted by Gasteiger charge is 2.34. The van der Waals surface area contributed by atoms with Gasteiger partial charge in [0.2, 0.25) is 5.91 Å². The van der Waals surface area contributed by atoms with Gasteiger partial charge in [0.05, 0.1) is 17.3 Å². The van der Waals surface area contributed by atoms with Crippen LogP contribution < -0.4 is 33.4 Å². The molecule has 0 fully saturated rings. The Morgan fingerprint density at radius 1 is 1.17 bits per heavy atom. The normalized spacial score (nSPS) is 14.1. The summed E-state index contributed by atoms with van der Waals surface area (Å²) in [5.74, 6) is -2.34. The molecule has 0 bridgehead atoms. The fraction of sp³-hybridized carbons (Fsp3) is 0.235. The van der Waals surface area contributed by atoms with Crippen molar-refractivity contribution < 1.29 is 4.79 Å². The summed E-state index contributed by atoms with van der Waals surface area (Å²) in [5.41, 5.74) is 9.81. The maximum atomic E-state index is 13.1. The van der Waals surface area contributed by atoms with Gasteiger partial charge in [0, 0.05) is 14.0 Å². The highest BCUT2D eigenvalue weighted by atomic mass is 16.2. The number of aryl methyl sites for hydroxylation is 1. The van der Waals surface area contributed by atoms with Crippen LogP contribution in [-0.4, -0.2) is 36.3 Å². The Morgan fingerprint density at radius 3 is 2.34 bits per heavy atom. The topological polar surface area (TPSA) is 168 Å². The number of fused-ring (bicyclic) bond motifs is 2. The minimum absolute atomic E-state index is 0.0324. The largest absolute Gasteiger partial charge is 0.370 e. The predicted molar refractivity (Wildman–Crippen MR) is 103 cm³/mol. The molecule has 0 amide bonds. The molecule has 0 atom stereocenters. The van der Waals surface area contributed by atoms with Gasteiger partial charge in [-0.2, -0.15) is 4.99 Å². The van der Waals surface area contributed by atoms with Gasteiger partial charge < -0.3 is 11.5 Å². The minimum atomic E-state index is -1.62. The van der Waals surface area contributed by atoms with Crippen LogP contribution in [0.4, 0.5) is 0 Å². The molecule has 1 aromatic carbocycles. The number of nitrogens with two attached hydrogens (primary N) is 2. The summed E-state index contributed by atoms with van der Waals surface area (Å²) < 4.78 is 3.15. The van der Waals surface area contributed by atoms with Gasteiger partial charge in [-0.05, 0) is 12.1 Å². The fourth-order valence-electron chi connectivity index (χ4n) is 3.29. The molecule has 3 aromatic rings. The minimum Gasteiger partial charge on any atom is -0.370 e. The van der Waals surface area contributed by atoms with Crippen LogP contribution in [0.25, 0.3) is 11.2 Å².